The summed E-state index contributed by atoms with van der Waals surface area (Å²) in [6.45, 7) is 12.1. The lowest BCUT2D eigenvalue weighted by Gasteiger charge is -2.47. The molecule has 0 radical (unpaired) electrons. The molecule has 9 nitrogen and oxygen atoms in total. The second kappa shape index (κ2) is 11.0. The normalized spacial score (nSPS) is 16.7. The Labute approximate surface area is 217 Å². The van der Waals surface area contributed by atoms with Gasteiger partial charge in [0, 0.05) is 42.5 Å². The highest BCUT2D eigenvalue weighted by atomic mass is 19.1. The minimum atomic E-state index is -1.51. The number of amides is 1. The number of ether oxygens (including phenoxy) is 1. The average molecular weight is 516 g/mol. The largest absolute Gasteiger partial charge is 0.481 e. The molecule has 1 fully saturated rings. The first-order valence-electron chi connectivity index (χ1n) is 12.5. The number of aromatic nitrogens is 2. The summed E-state index contributed by atoms with van der Waals surface area (Å²) in [6, 6.07) is 6.29. The lowest BCUT2D eigenvalue weighted by atomic mass is 9.79. The maximum absolute atomic E-state index is 15.2. The number of rotatable bonds is 8. The first kappa shape index (κ1) is 28.3. The van der Waals surface area contributed by atoms with Gasteiger partial charge in [-0.05, 0) is 57.9 Å². The molecule has 1 saturated heterocycles. The van der Waals surface area contributed by atoms with Crippen LogP contribution < -0.4 is 15.5 Å². The van der Waals surface area contributed by atoms with E-state index in [4.69, 9.17) is 4.74 Å². The molecule has 1 aromatic heterocycles. The number of hydrogen-bond donors (Lipinski definition) is 3. The topological polar surface area (TPSA) is 117 Å². The van der Waals surface area contributed by atoms with Crippen molar-refractivity contribution in [3.05, 3.63) is 48.0 Å². The van der Waals surface area contributed by atoms with Crippen molar-refractivity contribution in [2.75, 3.05) is 23.3 Å². The Kier molecular flexibility index (Phi) is 8.42. The van der Waals surface area contributed by atoms with E-state index < -0.39 is 40.9 Å². The summed E-state index contributed by atoms with van der Waals surface area (Å²) in [5.74, 6) is -1.65. The molecule has 10 heteroatoms. The quantitative estimate of drug-likeness (QED) is 0.441. The van der Waals surface area contributed by atoms with E-state index in [-0.39, 0.29) is 11.6 Å². The van der Waals surface area contributed by atoms with Gasteiger partial charge in [0.05, 0.1) is 17.7 Å². The van der Waals surface area contributed by atoms with Crippen LogP contribution in [0.25, 0.3) is 0 Å². The van der Waals surface area contributed by atoms with Crippen LogP contribution in [0.3, 0.4) is 0 Å². The van der Waals surface area contributed by atoms with Gasteiger partial charge in [-0.3, -0.25) is 9.59 Å². The van der Waals surface area contributed by atoms with Gasteiger partial charge in [-0.15, -0.1) is 0 Å². The van der Waals surface area contributed by atoms with Crippen LogP contribution in [0.15, 0.2) is 36.7 Å². The minimum absolute atomic E-state index is 0.0931. The van der Waals surface area contributed by atoms with E-state index in [1.54, 1.807) is 72.1 Å². The molecule has 1 amide bonds. The lowest BCUT2D eigenvalue weighted by Crippen LogP contribution is -2.62. The van der Waals surface area contributed by atoms with Crippen LogP contribution in [0.1, 0.15) is 71.2 Å². The fourth-order valence-electron chi connectivity index (χ4n) is 4.43. The van der Waals surface area contributed by atoms with Crippen molar-refractivity contribution < 1.29 is 23.8 Å². The lowest BCUT2D eigenvalue weighted by molar-refractivity contribution is -0.203. The van der Waals surface area contributed by atoms with Crippen LogP contribution in [-0.4, -0.2) is 57.4 Å². The van der Waals surface area contributed by atoms with E-state index in [0.29, 0.717) is 24.7 Å². The van der Waals surface area contributed by atoms with Crippen LogP contribution in [0.5, 0.6) is 0 Å². The van der Waals surface area contributed by atoms with E-state index >= 15 is 4.39 Å². The predicted octanol–water partition coefficient (Wildman–Crippen LogP) is 4.46. The van der Waals surface area contributed by atoms with Gasteiger partial charge in [0.25, 0.3) is 5.91 Å². The number of aliphatic carboxylic acids is 1. The highest BCUT2D eigenvalue weighted by Crippen LogP contribution is 2.38. The zero-order valence-corrected chi connectivity index (χ0v) is 22.5. The first-order valence-corrected chi connectivity index (χ1v) is 12.5. The highest BCUT2D eigenvalue weighted by Gasteiger charge is 2.49. The maximum atomic E-state index is 15.2. The Bertz CT molecular complexity index is 1090. The van der Waals surface area contributed by atoms with Gasteiger partial charge < -0.3 is 25.4 Å². The molecule has 1 aromatic carbocycles. The molecule has 0 bridgehead atoms. The summed E-state index contributed by atoms with van der Waals surface area (Å²) < 4.78 is 21.4. The van der Waals surface area contributed by atoms with Crippen molar-refractivity contribution in [1.82, 2.24) is 15.3 Å². The summed E-state index contributed by atoms with van der Waals surface area (Å²) in [5, 5.41) is 15.7. The van der Waals surface area contributed by atoms with Crippen LogP contribution in [-0.2, 0) is 9.53 Å². The van der Waals surface area contributed by atoms with Crippen LogP contribution in [0, 0.1) is 11.2 Å². The van der Waals surface area contributed by atoms with E-state index in [0.717, 1.165) is 12.8 Å². The molecule has 0 spiro atoms. The summed E-state index contributed by atoms with van der Waals surface area (Å²) >= 11 is 0. The van der Waals surface area contributed by atoms with Crippen LogP contribution >= 0.6 is 0 Å². The second-order valence-corrected chi connectivity index (χ2v) is 11.5. The van der Waals surface area contributed by atoms with Crippen molar-refractivity contribution in [3.8, 4) is 0 Å². The molecule has 1 atom stereocenters. The number of carboxylic acid groups (broad SMARTS) is 1. The molecular formula is C27H38FN5O4. The first-order chi connectivity index (χ1) is 17.2. The number of nitrogens with one attached hydrogen (secondary N) is 2. The molecule has 2 heterocycles. The predicted molar refractivity (Wildman–Crippen MR) is 140 cm³/mol. The fourth-order valence-corrected chi connectivity index (χ4v) is 4.43. The third-order valence-electron chi connectivity index (χ3n) is 6.35. The van der Waals surface area contributed by atoms with Gasteiger partial charge in [-0.25, -0.2) is 14.4 Å². The summed E-state index contributed by atoms with van der Waals surface area (Å²) in [5.41, 5.74) is -2.50. The standard InChI is InChI=1S/C27H38FN5O4/c1-25(2,3)27(17-22(34)35,37-26(4,5)6)32-23(36)18-8-9-21(20(28)16-18)33-14-10-19(11-15-33)31-24-29-12-7-13-30-24/h7-9,12-13,16,19H,10-11,14-15,17H2,1-6H3,(H,32,36)(H,34,35)(H,29,30,31). The highest BCUT2D eigenvalue weighted by molar-refractivity contribution is 5.95. The van der Waals surface area contributed by atoms with Crippen molar-refractivity contribution in [1.29, 1.82) is 0 Å². The summed E-state index contributed by atoms with van der Waals surface area (Å²) in [6.07, 6.45) is 4.48. The number of hydrogen-bond acceptors (Lipinski definition) is 7. The molecule has 2 aromatic rings. The molecule has 1 aliphatic rings. The van der Waals surface area contributed by atoms with E-state index in [9.17, 15) is 14.7 Å². The smallest absolute Gasteiger partial charge is 0.308 e. The number of anilines is 2. The van der Waals surface area contributed by atoms with E-state index in [1.165, 1.54) is 6.07 Å². The van der Waals surface area contributed by atoms with Gasteiger partial charge in [0.15, 0.2) is 5.72 Å². The molecular weight excluding hydrogens is 477 g/mol. The molecule has 3 N–H and O–H groups in total. The zero-order valence-electron chi connectivity index (χ0n) is 22.5. The van der Waals surface area contributed by atoms with Crippen LogP contribution in [0.2, 0.25) is 0 Å². The van der Waals surface area contributed by atoms with Crippen molar-refractivity contribution in [3.63, 3.8) is 0 Å². The van der Waals surface area contributed by atoms with Gasteiger partial charge >= 0.3 is 5.97 Å². The van der Waals surface area contributed by atoms with Crippen molar-refractivity contribution in [2.24, 2.45) is 5.41 Å². The Morgan fingerprint density at radius 1 is 1.11 bits per heavy atom. The van der Waals surface area contributed by atoms with Crippen molar-refractivity contribution in [2.45, 2.75) is 78.2 Å². The summed E-state index contributed by atoms with van der Waals surface area (Å²) in [4.78, 5) is 35.3. The molecule has 1 aliphatic heterocycles. The molecule has 1 unspecified atom stereocenters. The minimum Gasteiger partial charge on any atom is -0.481 e. The zero-order chi connectivity index (χ0) is 27.4. The Morgan fingerprint density at radius 3 is 2.24 bits per heavy atom. The Hall–Kier alpha value is -3.27. The number of carbonyl (C=O) groups excluding carboxylic acids is 1. The maximum Gasteiger partial charge on any atom is 0.308 e. The molecule has 37 heavy (non-hydrogen) atoms. The third kappa shape index (κ3) is 7.38. The Balaban J connectivity index is 1.73. The van der Waals surface area contributed by atoms with Crippen molar-refractivity contribution >= 4 is 23.5 Å². The number of halogens is 1. The third-order valence-corrected chi connectivity index (χ3v) is 6.35. The number of carbonyl (C=O) groups is 2. The van der Waals surface area contributed by atoms with Crippen LogP contribution in [0.4, 0.5) is 16.0 Å². The molecule has 0 saturated carbocycles. The van der Waals surface area contributed by atoms with Gasteiger partial charge in [0.2, 0.25) is 5.95 Å². The van der Waals surface area contributed by atoms with Gasteiger partial charge in [-0.1, -0.05) is 20.8 Å². The summed E-state index contributed by atoms with van der Waals surface area (Å²) in [7, 11) is 0. The molecule has 202 valence electrons. The molecule has 3 rings (SSSR count). The number of carboxylic acids is 1. The van der Waals surface area contributed by atoms with E-state index in [2.05, 4.69) is 20.6 Å². The van der Waals surface area contributed by atoms with Gasteiger partial charge in [-0.2, -0.15) is 0 Å². The number of nitrogens with zero attached hydrogens (tertiary/aromatic N) is 3. The van der Waals surface area contributed by atoms with Gasteiger partial charge in [0.1, 0.15) is 5.82 Å². The number of benzene rings is 1. The monoisotopic (exact) mass is 515 g/mol. The molecule has 0 aliphatic carbocycles. The Morgan fingerprint density at radius 2 is 1.73 bits per heavy atom. The average Bonchev–Trinajstić information content (AvgIpc) is 2.78. The number of piperidine rings is 1. The van der Waals surface area contributed by atoms with E-state index in [1.807, 2.05) is 4.90 Å². The fraction of sp³-hybridized carbons (Fsp3) is 0.556. The second-order valence-electron chi connectivity index (χ2n) is 11.5. The SMILES string of the molecule is CC(C)(C)OC(CC(=O)O)(NC(=O)c1ccc(N2CCC(Nc3ncccn3)CC2)c(F)c1)C(C)(C)C.